The number of thiazole rings is 1. The summed E-state index contributed by atoms with van der Waals surface area (Å²) in [5, 5.41) is 4.76. The van der Waals surface area contributed by atoms with Gasteiger partial charge in [0.1, 0.15) is 11.6 Å². The zero-order chi connectivity index (χ0) is 16.4. The predicted molar refractivity (Wildman–Crippen MR) is 89.6 cm³/mol. The second-order valence-electron chi connectivity index (χ2n) is 4.62. The van der Waals surface area contributed by atoms with E-state index in [1.165, 1.54) is 35.6 Å². The van der Waals surface area contributed by atoms with Crippen LogP contribution in [0.15, 0.2) is 52.3 Å². The molecule has 116 valence electrons. The fraction of sp³-hybridized carbons (Fsp3) is 0. The van der Waals surface area contributed by atoms with E-state index < -0.39 is 11.7 Å². The van der Waals surface area contributed by atoms with E-state index in [-0.39, 0.29) is 11.4 Å². The molecule has 3 aromatic rings. The second kappa shape index (κ2) is 6.55. The minimum Gasteiger partial charge on any atom is -0.298 e. The van der Waals surface area contributed by atoms with Crippen LogP contribution in [-0.4, -0.2) is 10.9 Å². The van der Waals surface area contributed by atoms with E-state index in [0.717, 1.165) is 11.6 Å². The van der Waals surface area contributed by atoms with Crippen molar-refractivity contribution in [2.75, 3.05) is 5.32 Å². The first-order valence-electron chi connectivity index (χ1n) is 6.51. The number of aromatic nitrogens is 1. The Morgan fingerprint density at radius 1 is 1.09 bits per heavy atom. The number of benzene rings is 2. The first kappa shape index (κ1) is 15.8. The molecule has 0 bridgehead atoms. The Morgan fingerprint density at radius 3 is 2.52 bits per heavy atom. The zero-order valence-electron chi connectivity index (χ0n) is 11.5. The highest BCUT2D eigenvalue weighted by Gasteiger charge is 2.13. The SMILES string of the molecule is O=C(Nc1nc(-c2ccc(F)cc2)cs1)c1cc(F)ccc1Br. The van der Waals surface area contributed by atoms with Crippen molar-refractivity contribution in [2.45, 2.75) is 0 Å². The third-order valence-electron chi connectivity index (χ3n) is 3.04. The van der Waals surface area contributed by atoms with Gasteiger partial charge in [-0.15, -0.1) is 11.3 Å². The van der Waals surface area contributed by atoms with Crippen LogP contribution in [0.25, 0.3) is 11.3 Å². The van der Waals surface area contributed by atoms with Gasteiger partial charge in [-0.3, -0.25) is 10.1 Å². The first-order chi connectivity index (χ1) is 11.0. The van der Waals surface area contributed by atoms with Crippen molar-refractivity contribution in [1.29, 1.82) is 0 Å². The first-order valence-corrected chi connectivity index (χ1v) is 8.18. The van der Waals surface area contributed by atoms with E-state index in [0.29, 0.717) is 15.3 Å². The van der Waals surface area contributed by atoms with Crippen molar-refractivity contribution in [1.82, 2.24) is 4.98 Å². The summed E-state index contributed by atoms with van der Waals surface area (Å²) in [5.41, 5.74) is 1.56. The average molecular weight is 395 g/mol. The third-order valence-corrected chi connectivity index (χ3v) is 4.49. The van der Waals surface area contributed by atoms with E-state index in [2.05, 4.69) is 26.2 Å². The van der Waals surface area contributed by atoms with Crippen LogP contribution in [-0.2, 0) is 0 Å². The normalized spacial score (nSPS) is 10.6. The van der Waals surface area contributed by atoms with Crippen molar-refractivity contribution >= 4 is 38.3 Å². The highest BCUT2D eigenvalue weighted by molar-refractivity contribution is 9.10. The maximum Gasteiger partial charge on any atom is 0.258 e. The molecule has 0 radical (unpaired) electrons. The maximum absolute atomic E-state index is 13.3. The lowest BCUT2D eigenvalue weighted by molar-refractivity contribution is 0.102. The maximum atomic E-state index is 13.3. The topological polar surface area (TPSA) is 42.0 Å². The van der Waals surface area contributed by atoms with Crippen molar-refractivity contribution in [2.24, 2.45) is 0 Å². The summed E-state index contributed by atoms with van der Waals surface area (Å²) >= 11 is 4.45. The lowest BCUT2D eigenvalue weighted by atomic mass is 10.2. The summed E-state index contributed by atoms with van der Waals surface area (Å²) < 4.78 is 26.7. The molecular formula is C16H9BrF2N2OS. The van der Waals surface area contributed by atoms with Crippen LogP contribution in [0, 0.1) is 11.6 Å². The van der Waals surface area contributed by atoms with Gasteiger partial charge < -0.3 is 0 Å². The number of rotatable bonds is 3. The Balaban J connectivity index is 1.80. The predicted octanol–water partition coefficient (Wildman–Crippen LogP) is 5.10. The fourth-order valence-corrected chi connectivity index (χ4v) is 3.06. The molecule has 0 saturated carbocycles. The number of nitrogens with zero attached hydrogens (tertiary/aromatic N) is 1. The van der Waals surface area contributed by atoms with Gasteiger partial charge in [0.05, 0.1) is 11.3 Å². The smallest absolute Gasteiger partial charge is 0.258 e. The van der Waals surface area contributed by atoms with Crippen molar-refractivity contribution in [3.05, 3.63) is 69.5 Å². The summed E-state index contributed by atoms with van der Waals surface area (Å²) in [7, 11) is 0. The van der Waals surface area contributed by atoms with Crippen LogP contribution in [0.3, 0.4) is 0 Å². The Hall–Kier alpha value is -2.12. The van der Waals surface area contributed by atoms with Gasteiger partial charge in [-0.2, -0.15) is 0 Å². The fourth-order valence-electron chi connectivity index (χ4n) is 1.92. The molecule has 0 unspecified atom stereocenters. The van der Waals surface area contributed by atoms with Gasteiger partial charge in [0.2, 0.25) is 0 Å². The minimum absolute atomic E-state index is 0.184. The molecular weight excluding hydrogens is 386 g/mol. The van der Waals surface area contributed by atoms with Crippen LogP contribution in [0.2, 0.25) is 0 Å². The Morgan fingerprint density at radius 2 is 1.78 bits per heavy atom. The van der Waals surface area contributed by atoms with Crippen molar-refractivity contribution in [3.63, 3.8) is 0 Å². The standard InChI is InChI=1S/C16H9BrF2N2OS/c17-13-6-5-11(19)7-12(13)15(22)21-16-20-14(8-23-16)9-1-3-10(18)4-2-9/h1-8H,(H,20,21,22). The molecule has 2 aromatic carbocycles. The molecule has 0 aliphatic carbocycles. The number of hydrogen-bond donors (Lipinski definition) is 1. The molecule has 23 heavy (non-hydrogen) atoms. The third kappa shape index (κ3) is 3.62. The minimum atomic E-state index is -0.496. The zero-order valence-corrected chi connectivity index (χ0v) is 13.9. The average Bonchev–Trinajstić information content (AvgIpc) is 2.99. The summed E-state index contributed by atoms with van der Waals surface area (Å²) in [4.78, 5) is 16.5. The molecule has 0 fully saturated rings. The van der Waals surface area contributed by atoms with E-state index in [1.807, 2.05) is 0 Å². The van der Waals surface area contributed by atoms with Gasteiger partial charge >= 0.3 is 0 Å². The Kier molecular flexibility index (Phi) is 4.49. The van der Waals surface area contributed by atoms with Crippen molar-refractivity contribution in [3.8, 4) is 11.3 Å². The molecule has 1 aromatic heterocycles. The van der Waals surface area contributed by atoms with Crippen LogP contribution in [0.1, 0.15) is 10.4 Å². The van der Waals surface area contributed by atoms with E-state index in [4.69, 9.17) is 0 Å². The molecule has 3 nitrogen and oxygen atoms in total. The molecule has 7 heteroatoms. The van der Waals surface area contributed by atoms with Crippen LogP contribution in [0.5, 0.6) is 0 Å². The molecule has 0 atom stereocenters. The number of nitrogens with one attached hydrogen (secondary N) is 1. The highest BCUT2D eigenvalue weighted by atomic mass is 79.9. The number of anilines is 1. The number of hydrogen-bond acceptors (Lipinski definition) is 3. The number of halogens is 3. The summed E-state index contributed by atoms with van der Waals surface area (Å²) in [5.74, 6) is -1.28. The lowest BCUT2D eigenvalue weighted by Crippen LogP contribution is -2.12. The van der Waals surface area contributed by atoms with Gasteiger partial charge in [0, 0.05) is 15.4 Å². The van der Waals surface area contributed by atoms with Crippen LogP contribution < -0.4 is 5.32 Å². The van der Waals surface area contributed by atoms with Gasteiger partial charge in [-0.1, -0.05) is 0 Å². The molecule has 1 amide bonds. The van der Waals surface area contributed by atoms with Crippen molar-refractivity contribution < 1.29 is 13.6 Å². The van der Waals surface area contributed by atoms with Crippen LogP contribution >= 0.6 is 27.3 Å². The van der Waals surface area contributed by atoms with Gasteiger partial charge in [0.25, 0.3) is 5.91 Å². The number of carbonyl (C=O) groups excluding carboxylic acids is 1. The molecule has 0 saturated heterocycles. The number of amides is 1. The molecule has 1 N–H and O–H groups in total. The monoisotopic (exact) mass is 394 g/mol. The van der Waals surface area contributed by atoms with E-state index >= 15 is 0 Å². The Labute approximate surface area is 143 Å². The summed E-state index contributed by atoms with van der Waals surface area (Å²) in [6.45, 7) is 0. The molecule has 0 aliphatic rings. The van der Waals surface area contributed by atoms with E-state index in [9.17, 15) is 13.6 Å². The quantitative estimate of drug-likeness (QED) is 0.670. The number of carbonyl (C=O) groups is 1. The molecule has 1 heterocycles. The summed E-state index contributed by atoms with van der Waals surface area (Å²) in [6, 6.07) is 9.78. The summed E-state index contributed by atoms with van der Waals surface area (Å²) in [6.07, 6.45) is 0. The van der Waals surface area contributed by atoms with Gasteiger partial charge in [-0.05, 0) is 58.4 Å². The van der Waals surface area contributed by atoms with Gasteiger partial charge in [-0.25, -0.2) is 13.8 Å². The highest BCUT2D eigenvalue weighted by Crippen LogP contribution is 2.26. The van der Waals surface area contributed by atoms with E-state index in [1.54, 1.807) is 17.5 Å². The lowest BCUT2D eigenvalue weighted by Gasteiger charge is -2.04. The Bertz CT molecular complexity index is 865. The largest absolute Gasteiger partial charge is 0.298 e. The molecule has 0 spiro atoms. The van der Waals surface area contributed by atoms with Gasteiger partial charge in [0.15, 0.2) is 5.13 Å². The molecule has 0 aliphatic heterocycles. The van der Waals surface area contributed by atoms with Crippen LogP contribution in [0.4, 0.5) is 13.9 Å². The molecule has 3 rings (SSSR count). The second-order valence-corrected chi connectivity index (χ2v) is 6.34.